The average Bonchev–Trinajstić information content (AvgIpc) is 2.89. The highest BCUT2D eigenvalue weighted by Gasteiger charge is 2.10. The van der Waals surface area contributed by atoms with Crippen molar-refractivity contribution >= 4 is 15.9 Å². The maximum absolute atomic E-state index is 5.53. The molecule has 0 aliphatic rings. The standard InChI is InChI=1S/C12H17BrN4O/c1-4-9-5-15-11(18-9)7-14-6-10-12(13)8(2)16-17(10)3/h5,14H,4,6-7H2,1-3H3. The van der Waals surface area contributed by atoms with E-state index in [1.807, 2.05) is 25.6 Å². The van der Waals surface area contributed by atoms with Crippen LogP contribution in [0.3, 0.4) is 0 Å². The molecule has 0 radical (unpaired) electrons. The fraction of sp³-hybridized carbons (Fsp3) is 0.500. The lowest BCUT2D eigenvalue weighted by Crippen LogP contribution is -2.15. The maximum atomic E-state index is 5.53. The van der Waals surface area contributed by atoms with Crippen LogP contribution in [0.2, 0.25) is 0 Å². The Bertz CT molecular complexity index is 532. The minimum atomic E-state index is 0.622. The molecular formula is C12H17BrN4O. The van der Waals surface area contributed by atoms with Gasteiger partial charge in [0.15, 0.2) is 0 Å². The quantitative estimate of drug-likeness (QED) is 0.920. The number of nitrogens with zero attached hydrogens (tertiary/aromatic N) is 3. The van der Waals surface area contributed by atoms with Gasteiger partial charge in [-0.15, -0.1) is 0 Å². The Labute approximate surface area is 115 Å². The highest BCUT2D eigenvalue weighted by atomic mass is 79.9. The number of hydrogen-bond donors (Lipinski definition) is 1. The van der Waals surface area contributed by atoms with Crippen molar-refractivity contribution in [3.63, 3.8) is 0 Å². The smallest absolute Gasteiger partial charge is 0.208 e. The molecule has 6 heteroatoms. The molecule has 0 aliphatic heterocycles. The summed E-state index contributed by atoms with van der Waals surface area (Å²) < 4.78 is 8.46. The van der Waals surface area contributed by atoms with Gasteiger partial charge in [0.25, 0.3) is 0 Å². The Morgan fingerprint density at radius 3 is 2.78 bits per heavy atom. The van der Waals surface area contributed by atoms with E-state index in [2.05, 4.69) is 31.3 Å². The minimum Gasteiger partial charge on any atom is -0.444 e. The zero-order valence-corrected chi connectivity index (χ0v) is 12.4. The van der Waals surface area contributed by atoms with Crippen molar-refractivity contribution in [1.82, 2.24) is 20.1 Å². The molecule has 2 rings (SSSR count). The zero-order chi connectivity index (χ0) is 13.1. The molecule has 2 aromatic rings. The summed E-state index contributed by atoms with van der Waals surface area (Å²) in [6.45, 7) is 5.38. The lowest BCUT2D eigenvalue weighted by atomic mass is 10.3. The third-order valence-electron chi connectivity index (χ3n) is 2.78. The number of oxazole rings is 1. The second kappa shape index (κ2) is 5.67. The van der Waals surface area contributed by atoms with E-state index in [9.17, 15) is 0 Å². The third-order valence-corrected chi connectivity index (χ3v) is 3.81. The molecule has 0 bridgehead atoms. The fourth-order valence-corrected chi connectivity index (χ4v) is 2.23. The Hall–Kier alpha value is -1.14. The zero-order valence-electron chi connectivity index (χ0n) is 10.8. The first-order valence-electron chi connectivity index (χ1n) is 5.94. The molecule has 0 fully saturated rings. The summed E-state index contributed by atoms with van der Waals surface area (Å²) in [6, 6.07) is 0. The summed E-state index contributed by atoms with van der Waals surface area (Å²) in [5.41, 5.74) is 2.12. The molecule has 0 atom stereocenters. The predicted molar refractivity (Wildman–Crippen MR) is 72.1 cm³/mol. The van der Waals surface area contributed by atoms with Crippen molar-refractivity contribution in [2.75, 3.05) is 0 Å². The summed E-state index contributed by atoms with van der Waals surface area (Å²) in [7, 11) is 1.94. The van der Waals surface area contributed by atoms with E-state index in [0.29, 0.717) is 6.54 Å². The van der Waals surface area contributed by atoms with Crippen LogP contribution < -0.4 is 5.32 Å². The fourth-order valence-electron chi connectivity index (χ4n) is 1.75. The number of rotatable bonds is 5. The van der Waals surface area contributed by atoms with Crippen molar-refractivity contribution in [2.45, 2.75) is 33.4 Å². The van der Waals surface area contributed by atoms with Crippen molar-refractivity contribution < 1.29 is 4.42 Å². The molecule has 0 saturated heterocycles. The van der Waals surface area contributed by atoms with Gasteiger partial charge in [-0.1, -0.05) is 6.92 Å². The lowest BCUT2D eigenvalue weighted by Gasteiger charge is -2.03. The maximum Gasteiger partial charge on any atom is 0.208 e. The first kappa shape index (κ1) is 13.3. The molecule has 2 aromatic heterocycles. The summed E-state index contributed by atoms with van der Waals surface area (Å²) in [4.78, 5) is 4.20. The van der Waals surface area contributed by atoms with E-state index >= 15 is 0 Å². The molecule has 0 spiro atoms. The van der Waals surface area contributed by atoms with E-state index < -0.39 is 0 Å². The van der Waals surface area contributed by atoms with E-state index in [4.69, 9.17) is 4.42 Å². The summed E-state index contributed by atoms with van der Waals surface area (Å²) in [5.74, 6) is 1.64. The monoisotopic (exact) mass is 312 g/mol. The predicted octanol–water partition coefficient (Wildman–Crippen LogP) is 2.33. The van der Waals surface area contributed by atoms with Gasteiger partial charge in [-0.05, 0) is 22.9 Å². The molecule has 0 aliphatic carbocycles. The number of halogens is 1. The normalized spacial score (nSPS) is 11.1. The van der Waals surface area contributed by atoms with Gasteiger partial charge in [0.1, 0.15) is 5.76 Å². The Kier molecular flexibility index (Phi) is 4.19. The number of aryl methyl sites for hydroxylation is 3. The van der Waals surface area contributed by atoms with Crippen LogP contribution in [0.25, 0.3) is 0 Å². The minimum absolute atomic E-state index is 0.622. The summed E-state index contributed by atoms with van der Waals surface area (Å²) in [6.07, 6.45) is 2.65. The molecule has 2 heterocycles. The SMILES string of the molecule is CCc1cnc(CNCc2c(Br)c(C)nn2C)o1. The topological polar surface area (TPSA) is 55.9 Å². The average molecular weight is 313 g/mol. The summed E-state index contributed by atoms with van der Waals surface area (Å²) in [5, 5.41) is 7.65. The molecule has 1 N–H and O–H groups in total. The second-order valence-corrected chi connectivity index (χ2v) is 4.94. The van der Waals surface area contributed by atoms with Crippen LogP contribution in [0, 0.1) is 6.92 Å². The molecule has 0 unspecified atom stereocenters. The third kappa shape index (κ3) is 2.81. The molecule has 0 aromatic carbocycles. The van der Waals surface area contributed by atoms with Crippen LogP contribution >= 0.6 is 15.9 Å². The van der Waals surface area contributed by atoms with Crippen LogP contribution in [0.5, 0.6) is 0 Å². The first-order chi connectivity index (χ1) is 8.61. The van der Waals surface area contributed by atoms with Crippen molar-refractivity contribution in [2.24, 2.45) is 7.05 Å². The van der Waals surface area contributed by atoms with Crippen LogP contribution in [-0.2, 0) is 26.6 Å². The van der Waals surface area contributed by atoms with Gasteiger partial charge in [0, 0.05) is 20.0 Å². The van der Waals surface area contributed by atoms with E-state index in [1.165, 1.54) is 0 Å². The molecule has 18 heavy (non-hydrogen) atoms. The van der Waals surface area contributed by atoms with Crippen LogP contribution in [0.1, 0.15) is 30.0 Å². The highest BCUT2D eigenvalue weighted by molar-refractivity contribution is 9.10. The van der Waals surface area contributed by atoms with E-state index in [1.54, 1.807) is 6.20 Å². The largest absolute Gasteiger partial charge is 0.444 e. The van der Waals surface area contributed by atoms with E-state index in [0.717, 1.165) is 40.5 Å². The number of hydrogen-bond acceptors (Lipinski definition) is 4. The molecular weight excluding hydrogens is 296 g/mol. The van der Waals surface area contributed by atoms with Crippen molar-refractivity contribution in [3.05, 3.63) is 33.7 Å². The van der Waals surface area contributed by atoms with Gasteiger partial charge in [-0.2, -0.15) is 5.10 Å². The number of nitrogens with one attached hydrogen (secondary N) is 1. The summed E-state index contributed by atoms with van der Waals surface area (Å²) >= 11 is 3.54. The molecule has 0 saturated carbocycles. The van der Waals surface area contributed by atoms with Gasteiger partial charge < -0.3 is 9.73 Å². The molecule has 5 nitrogen and oxygen atoms in total. The highest BCUT2D eigenvalue weighted by Crippen LogP contribution is 2.19. The van der Waals surface area contributed by atoms with Crippen molar-refractivity contribution in [1.29, 1.82) is 0 Å². The lowest BCUT2D eigenvalue weighted by molar-refractivity contribution is 0.436. The van der Waals surface area contributed by atoms with Gasteiger partial charge in [0.2, 0.25) is 5.89 Å². The van der Waals surface area contributed by atoms with E-state index in [-0.39, 0.29) is 0 Å². The number of aromatic nitrogens is 3. The van der Waals surface area contributed by atoms with Crippen LogP contribution in [0.15, 0.2) is 15.1 Å². The molecule has 0 amide bonds. The first-order valence-corrected chi connectivity index (χ1v) is 6.73. The Morgan fingerprint density at radius 1 is 1.44 bits per heavy atom. The van der Waals surface area contributed by atoms with Crippen LogP contribution in [-0.4, -0.2) is 14.8 Å². The van der Waals surface area contributed by atoms with Gasteiger partial charge in [-0.25, -0.2) is 4.98 Å². The van der Waals surface area contributed by atoms with Gasteiger partial charge in [0.05, 0.1) is 28.6 Å². The second-order valence-electron chi connectivity index (χ2n) is 4.15. The van der Waals surface area contributed by atoms with Crippen LogP contribution in [0.4, 0.5) is 0 Å². The van der Waals surface area contributed by atoms with Gasteiger partial charge in [-0.3, -0.25) is 4.68 Å². The molecule has 98 valence electrons. The van der Waals surface area contributed by atoms with Gasteiger partial charge >= 0.3 is 0 Å². The van der Waals surface area contributed by atoms with Crippen molar-refractivity contribution in [3.8, 4) is 0 Å². The Morgan fingerprint density at radius 2 is 2.22 bits per heavy atom. The Balaban J connectivity index is 1.92.